The molecule has 0 bridgehead atoms. The fraction of sp³-hybridized carbons (Fsp3) is 0.333. The van der Waals surface area contributed by atoms with E-state index in [0.717, 1.165) is 16.2 Å². The van der Waals surface area contributed by atoms with E-state index in [1.165, 1.54) is 17.3 Å². The van der Waals surface area contributed by atoms with Crippen molar-refractivity contribution in [2.45, 2.75) is 24.7 Å². The van der Waals surface area contributed by atoms with Crippen LogP contribution < -0.4 is 10.1 Å². The van der Waals surface area contributed by atoms with Crippen molar-refractivity contribution in [2.75, 3.05) is 26.0 Å². The van der Waals surface area contributed by atoms with Crippen LogP contribution in [0.15, 0.2) is 53.4 Å². The Balaban J connectivity index is 1.55. The summed E-state index contributed by atoms with van der Waals surface area (Å²) in [6.45, 7) is 2.54. The quantitative estimate of drug-likeness (QED) is 0.385. The third kappa shape index (κ3) is 8.17. The fourth-order valence-electron chi connectivity index (χ4n) is 2.31. The molecule has 2 aromatic carbocycles. The zero-order chi connectivity index (χ0) is 19.5. The van der Waals surface area contributed by atoms with Gasteiger partial charge in [-0.05, 0) is 43.2 Å². The molecule has 0 aliphatic carbocycles. The maximum atomic E-state index is 11.8. The molecule has 0 radical (unpaired) electrons. The Hall–Kier alpha value is -2.47. The van der Waals surface area contributed by atoms with Crippen LogP contribution in [0, 0.1) is 6.92 Å². The van der Waals surface area contributed by atoms with Crippen molar-refractivity contribution in [1.29, 1.82) is 0 Å². The Morgan fingerprint density at radius 2 is 1.74 bits per heavy atom. The Kier molecular flexibility index (Phi) is 8.71. The van der Waals surface area contributed by atoms with Crippen molar-refractivity contribution >= 4 is 23.6 Å². The summed E-state index contributed by atoms with van der Waals surface area (Å²) in [5.41, 5.74) is 2.34. The molecule has 144 valence electrons. The summed E-state index contributed by atoms with van der Waals surface area (Å²) in [5, 5.41) is 2.77. The van der Waals surface area contributed by atoms with Crippen LogP contribution in [0.1, 0.15) is 17.5 Å². The van der Waals surface area contributed by atoms with Gasteiger partial charge >= 0.3 is 5.97 Å². The summed E-state index contributed by atoms with van der Waals surface area (Å²) in [7, 11) is 1.61. The van der Waals surface area contributed by atoms with Crippen LogP contribution >= 0.6 is 11.8 Å². The molecule has 2 aromatic rings. The third-order valence-electron chi connectivity index (χ3n) is 3.86. The fourth-order valence-corrected chi connectivity index (χ4v) is 3.01. The highest BCUT2D eigenvalue weighted by Crippen LogP contribution is 2.21. The molecule has 0 spiro atoms. The van der Waals surface area contributed by atoms with Crippen LogP contribution in [0.25, 0.3) is 0 Å². The van der Waals surface area contributed by atoms with Crippen molar-refractivity contribution in [3.05, 3.63) is 59.7 Å². The lowest BCUT2D eigenvalue weighted by atomic mass is 10.1. The van der Waals surface area contributed by atoms with E-state index in [0.29, 0.717) is 19.4 Å². The molecule has 6 heteroatoms. The summed E-state index contributed by atoms with van der Waals surface area (Å²) in [6, 6.07) is 15.6. The van der Waals surface area contributed by atoms with Crippen LogP contribution in [-0.2, 0) is 20.7 Å². The molecular formula is C21H25NO4S. The summed E-state index contributed by atoms with van der Waals surface area (Å²) in [4.78, 5) is 24.5. The predicted molar refractivity (Wildman–Crippen MR) is 107 cm³/mol. The van der Waals surface area contributed by atoms with Gasteiger partial charge in [0.1, 0.15) is 12.4 Å². The number of methoxy groups -OCH3 is 1. The number of esters is 1. The largest absolute Gasteiger partial charge is 0.497 e. The first kappa shape index (κ1) is 20.8. The van der Waals surface area contributed by atoms with Gasteiger partial charge in [0.25, 0.3) is 0 Å². The van der Waals surface area contributed by atoms with E-state index in [4.69, 9.17) is 9.47 Å². The van der Waals surface area contributed by atoms with Crippen LogP contribution in [0.5, 0.6) is 5.75 Å². The van der Waals surface area contributed by atoms with Crippen molar-refractivity contribution in [2.24, 2.45) is 0 Å². The van der Waals surface area contributed by atoms with E-state index >= 15 is 0 Å². The highest BCUT2D eigenvalue weighted by molar-refractivity contribution is 8.00. The van der Waals surface area contributed by atoms with Crippen LogP contribution in [0.4, 0.5) is 0 Å². The molecule has 27 heavy (non-hydrogen) atoms. The van der Waals surface area contributed by atoms with E-state index in [1.54, 1.807) is 7.11 Å². The van der Waals surface area contributed by atoms with Gasteiger partial charge in [0.15, 0.2) is 0 Å². The zero-order valence-electron chi connectivity index (χ0n) is 15.7. The number of nitrogens with one attached hydrogen (secondary N) is 1. The standard InChI is InChI=1S/C21H25NO4S/c1-16-3-5-17(6-4-16)7-12-20(23)22-13-14-26-21(24)15-27-19-10-8-18(25-2)9-11-19/h3-6,8-11H,7,12-15H2,1-2H3,(H,22,23). The van der Waals surface area contributed by atoms with Crippen molar-refractivity contribution < 1.29 is 19.1 Å². The molecular weight excluding hydrogens is 362 g/mol. The maximum Gasteiger partial charge on any atom is 0.316 e. The maximum absolute atomic E-state index is 11.8. The topological polar surface area (TPSA) is 64.6 Å². The van der Waals surface area contributed by atoms with Gasteiger partial charge in [-0.1, -0.05) is 29.8 Å². The number of aryl methyl sites for hydroxylation is 2. The Labute approximate surface area is 164 Å². The van der Waals surface area contributed by atoms with Gasteiger partial charge in [-0.3, -0.25) is 9.59 Å². The Morgan fingerprint density at radius 1 is 1.04 bits per heavy atom. The van der Waals surface area contributed by atoms with Gasteiger partial charge in [-0.2, -0.15) is 0 Å². The lowest BCUT2D eigenvalue weighted by Gasteiger charge is -2.07. The summed E-state index contributed by atoms with van der Waals surface area (Å²) in [6.07, 6.45) is 1.12. The second-order valence-electron chi connectivity index (χ2n) is 6.02. The number of benzene rings is 2. The summed E-state index contributed by atoms with van der Waals surface area (Å²) >= 11 is 1.40. The van der Waals surface area contributed by atoms with E-state index in [1.807, 2.05) is 55.5 Å². The highest BCUT2D eigenvalue weighted by atomic mass is 32.2. The number of thioether (sulfide) groups is 1. The van der Waals surface area contributed by atoms with E-state index in [2.05, 4.69) is 5.32 Å². The second kappa shape index (κ2) is 11.3. The number of amides is 1. The van der Waals surface area contributed by atoms with E-state index in [-0.39, 0.29) is 24.2 Å². The summed E-state index contributed by atoms with van der Waals surface area (Å²) in [5.74, 6) is 0.664. The van der Waals surface area contributed by atoms with Gasteiger partial charge in [0.2, 0.25) is 5.91 Å². The molecule has 0 unspecified atom stereocenters. The zero-order valence-corrected chi connectivity index (χ0v) is 16.5. The molecule has 1 amide bonds. The third-order valence-corrected chi connectivity index (χ3v) is 4.85. The first-order valence-electron chi connectivity index (χ1n) is 8.81. The molecule has 0 saturated carbocycles. The molecule has 0 fully saturated rings. The minimum absolute atomic E-state index is 0.0424. The highest BCUT2D eigenvalue weighted by Gasteiger charge is 2.06. The molecule has 2 rings (SSSR count). The van der Waals surface area contributed by atoms with Gasteiger partial charge in [0.05, 0.1) is 19.4 Å². The minimum Gasteiger partial charge on any atom is -0.497 e. The van der Waals surface area contributed by atoms with Gasteiger partial charge < -0.3 is 14.8 Å². The van der Waals surface area contributed by atoms with E-state index < -0.39 is 0 Å². The van der Waals surface area contributed by atoms with Crippen LogP contribution in [0.3, 0.4) is 0 Å². The lowest BCUT2D eigenvalue weighted by molar-refractivity contribution is -0.140. The van der Waals surface area contributed by atoms with Crippen LogP contribution in [0.2, 0.25) is 0 Å². The number of rotatable bonds is 10. The predicted octanol–water partition coefficient (Wildman–Crippen LogP) is 3.39. The molecule has 1 N–H and O–H groups in total. The molecule has 0 aliphatic heterocycles. The molecule has 0 saturated heterocycles. The molecule has 0 atom stereocenters. The van der Waals surface area contributed by atoms with Gasteiger partial charge in [-0.15, -0.1) is 11.8 Å². The van der Waals surface area contributed by atoms with E-state index in [9.17, 15) is 9.59 Å². The average Bonchev–Trinajstić information content (AvgIpc) is 2.69. The first-order valence-corrected chi connectivity index (χ1v) is 9.80. The molecule has 5 nitrogen and oxygen atoms in total. The molecule has 0 aromatic heterocycles. The Bertz CT molecular complexity index is 729. The first-order chi connectivity index (χ1) is 13.1. The lowest BCUT2D eigenvalue weighted by Crippen LogP contribution is -2.28. The number of carbonyl (C=O) groups is 2. The Morgan fingerprint density at radius 3 is 2.41 bits per heavy atom. The minimum atomic E-state index is -0.301. The monoisotopic (exact) mass is 387 g/mol. The smallest absolute Gasteiger partial charge is 0.316 e. The number of hydrogen-bond donors (Lipinski definition) is 1. The molecule has 0 heterocycles. The number of hydrogen-bond acceptors (Lipinski definition) is 5. The van der Waals surface area contributed by atoms with Crippen molar-refractivity contribution in [3.63, 3.8) is 0 Å². The van der Waals surface area contributed by atoms with Crippen molar-refractivity contribution in [1.82, 2.24) is 5.32 Å². The second-order valence-corrected chi connectivity index (χ2v) is 7.07. The average molecular weight is 388 g/mol. The normalized spacial score (nSPS) is 10.3. The SMILES string of the molecule is COc1ccc(SCC(=O)OCCNC(=O)CCc2ccc(C)cc2)cc1. The van der Waals surface area contributed by atoms with Crippen LogP contribution in [-0.4, -0.2) is 37.9 Å². The van der Waals surface area contributed by atoms with Gasteiger partial charge in [-0.25, -0.2) is 0 Å². The number of ether oxygens (including phenoxy) is 2. The number of carbonyl (C=O) groups excluding carboxylic acids is 2. The van der Waals surface area contributed by atoms with Gasteiger partial charge in [0, 0.05) is 11.3 Å². The molecule has 0 aliphatic rings. The summed E-state index contributed by atoms with van der Waals surface area (Å²) < 4.78 is 10.2. The van der Waals surface area contributed by atoms with Crippen molar-refractivity contribution in [3.8, 4) is 5.75 Å².